The van der Waals surface area contributed by atoms with Gasteiger partial charge in [-0.3, -0.25) is 4.90 Å². The van der Waals surface area contributed by atoms with Gasteiger partial charge in [0.15, 0.2) is 21.4 Å². The van der Waals surface area contributed by atoms with Gasteiger partial charge in [0.2, 0.25) is 0 Å². The molecule has 1 saturated carbocycles. The van der Waals surface area contributed by atoms with Gasteiger partial charge in [-0.1, -0.05) is 0 Å². The van der Waals surface area contributed by atoms with Crippen molar-refractivity contribution >= 4 is 15.9 Å². The van der Waals surface area contributed by atoms with E-state index in [-0.39, 0.29) is 35.2 Å². The summed E-state index contributed by atoms with van der Waals surface area (Å²) in [5.41, 5.74) is -2.56. The van der Waals surface area contributed by atoms with Crippen LogP contribution in [0.1, 0.15) is 32.6 Å². The van der Waals surface area contributed by atoms with E-state index in [0.29, 0.717) is 19.7 Å². The zero-order chi connectivity index (χ0) is 27.0. The molecule has 0 bridgehead atoms. The summed E-state index contributed by atoms with van der Waals surface area (Å²) in [4.78, 5) is 16.0. The molecule has 1 unspecified atom stereocenters. The second-order valence-corrected chi connectivity index (χ2v) is 12.3. The quantitative estimate of drug-likeness (QED) is 0.499. The fraction of sp³-hybridized carbons (Fsp3) is 0.708. The summed E-state index contributed by atoms with van der Waals surface area (Å²) in [6.07, 6.45) is -1.15. The first-order valence-electron chi connectivity index (χ1n) is 12.3. The first-order chi connectivity index (χ1) is 17.3. The molecule has 37 heavy (non-hydrogen) atoms. The number of rotatable bonds is 6. The highest BCUT2D eigenvalue weighted by Gasteiger charge is 2.64. The molecule has 2 aliphatic heterocycles. The molecular formula is C24H32F4N2O6S. The zero-order valence-corrected chi connectivity index (χ0v) is 21.6. The van der Waals surface area contributed by atoms with Crippen molar-refractivity contribution in [2.45, 2.75) is 61.4 Å². The smallest absolute Gasteiger partial charge is 0.433 e. The highest BCUT2D eigenvalue weighted by molar-refractivity contribution is 7.90. The minimum atomic E-state index is -4.68. The van der Waals surface area contributed by atoms with E-state index < -0.39 is 46.7 Å². The van der Waals surface area contributed by atoms with Gasteiger partial charge in [-0.25, -0.2) is 17.6 Å². The number of hydrogen-bond donors (Lipinski definition) is 0. The van der Waals surface area contributed by atoms with E-state index in [1.54, 1.807) is 6.92 Å². The lowest BCUT2D eigenvalue weighted by atomic mass is 9.85. The van der Waals surface area contributed by atoms with E-state index in [1.807, 2.05) is 0 Å². The number of amides is 1. The van der Waals surface area contributed by atoms with Gasteiger partial charge < -0.3 is 19.1 Å². The molecule has 4 rings (SSSR count). The lowest BCUT2D eigenvalue weighted by Gasteiger charge is -2.47. The van der Waals surface area contributed by atoms with E-state index in [1.165, 1.54) is 17.0 Å². The van der Waals surface area contributed by atoms with Crippen molar-refractivity contribution in [3.63, 3.8) is 0 Å². The number of carbonyl (C=O) groups is 1. The SMILES string of the molecule is CC1CN(C2CCC(COc3ccc(S(C)(=O)=O)cc3F)CC2)CCN1C(=O)OC1(C(F)(F)F)COC1. The van der Waals surface area contributed by atoms with Gasteiger partial charge in [0.05, 0.1) is 24.7 Å². The third kappa shape index (κ3) is 6.14. The lowest BCUT2D eigenvalue weighted by molar-refractivity contribution is -0.333. The molecule has 0 aromatic heterocycles. The molecule has 2 saturated heterocycles. The van der Waals surface area contributed by atoms with Crippen molar-refractivity contribution in [1.82, 2.24) is 9.80 Å². The minimum Gasteiger partial charge on any atom is -0.490 e. The molecule has 2 heterocycles. The van der Waals surface area contributed by atoms with Crippen LogP contribution in [0.5, 0.6) is 5.75 Å². The van der Waals surface area contributed by atoms with Crippen LogP contribution in [0, 0.1) is 11.7 Å². The monoisotopic (exact) mass is 552 g/mol. The third-order valence-electron chi connectivity index (χ3n) is 7.50. The Morgan fingerprint density at radius 3 is 2.35 bits per heavy atom. The van der Waals surface area contributed by atoms with Crippen LogP contribution < -0.4 is 4.74 Å². The Bertz CT molecular complexity index is 1090. The number of alkyl halides is 3. The molecule has 1 aromatic rings. The van der Waals surface area contributed by atoms with Gasteiger partial charge in [0, 0.05) is 38.0 Å². The number of halogens is 4. The Hall–Kier alpha value is -2.12. The average molecular weight is 553 g/mol. The number of hydrogen-bond acceptors (Lipinski definition) is 7. The molecule has 8 nitrogen and oxygen atoms in total. The van der Waals surface area contributed by atoms with Crippen molar-refractivity contribution in [3.05, 3.63) is 24.0 Å². The second kappa shape index (κ2) is 10.6. The molecule has 1 aromatic carbocycles. The van der Waals surface area contributed by atoms with Crippen molar-refractivity contribution < 1.29 is 45.0 Å². The van der Waals surface area contributed by atoms with Crippen LogP contribution in [-0.2, 0) is 19.3 Å². The van der Waals surface area contributed by atoms with Crippen LogP contribution in [0.15, 0.2) is 23.1 Å². The zero-order valence-electron chi connectivity index (χ0n) is 20.8. The highest BCUT2D eigenvalue weighted by atomic mass is 32.2. The predicted octanol–water partition coefficient (Wildman–Crippen LogP) is 3.64. The molecular weight excluding hydrogens is 520 g/mol. The minimum absolute atomic E-state index is 0.0205. The Balaban J connectivity index is 1.23. The summed E-state index contributed by atoms with van der Waals surface area (Å²) < 4.78 is 92.5. The van der Waals surface area contributed by atoms with Gasteiger partial charge in [0.25, 0.3) is 5.60 Å². The molecule has 1 amide bonds. The van der Waals surface area contributed by atoms with Crippen molar-refractivity contribution in [3.8, 4) is 5.75 Å². The number of nitrogens with zero attached hydrogens (tertiary/aromatic N) is 2. The Labute approximate surface area is 213 Å². The predicted molar refractivity (Wildman–Crippen MR) is 125 cm³/mol. The summed E-state index contributed by atoms with van der Waals surface area (Å²) in [5.74, 6) is -0.470. The number of sulfone groups is 1. The molecule has 1 aliphatic carbocycles. The Kier molecular flexibility index (Phi) is 7.97. The highest BCUT2D eigenvalue weighted by Crippen LogP contribution is 2.40. The van der Waals surface area contributed by atoms with E-state index in [2.05, 4.69) is 9.64 Å². The van der Waals surface area contributed by atoms with E-state index >= 15 is 0 Å². The topological polar surface area (TPSA) is 85.4 Å². The molecule has 208 valence electrons. The van der Waals surface area contributed by atoms with E-state index in [4.69, 9.17) is 9.47 Å². The first kappa shape index (κ1) is 27.9. The normalized spacial score (nSPS) is 26.9. The molecule has 3 aliphatic rings. The Morgan fingerprint density at radius 2 is 1.84 bits per heavy atom. The third-order valence-corrected chi connectivity index (χ3v) is 8.61. The second-order valence-electron chi connectivity index (χ2n) is 10.2. The maximum atomic E-state index is 14.2. The van der Waals surface area contributed by atoms with E-state index in [0.717, 1.165) is 38.0 Å². The summed E-state index contributed by atoms with van der Waals surface area (Å²) in [7, 11) is -3.50. The van der Waals surface area contributed by atoms with Crippen LogP contribution in [0.3, 0.4) is 0 Å². The summed E-state index contributed by atoms with van der Waals surface area (Å²) >= 11 is 0. The van der Waals surface area contributed by atoms with Gasteiger partial charge in [-0.05, 0) is 56.7 Å². The van der Waals surface area contributed by atoms with Gasteiger partial charge in [-0.2, -0.15) is 13.2 Å². The van der Waals surface area contributed by atoms with Crippen molar-refractivity contribution in [2.24, 2.45) is 5.92 Å². The number of carbonyl (C=O) groups excluding carboxylic acids is 1. The van der Waals surface area contributed by atoms with E-state index in [9.17, 15) is 30.8 Å². The summed E-state index contributed by atoms with van der Waals surface area (Å²) in [6, 6.07) is 3.60. The summed E-state index contributed by atoms with van der Waals surface area (Å²) in [5, 5.41) is 0. The number of piperazine rings is 1. The van der Waals surface area contributed by atoms with Crippen LogP contribution in [0.25, 0.3) is 0 Å². The standard InChI is InChI=1S/C24H32F4N2O6S/c1-16-12-29(9-10-30(16)22(31)36-23(14-34-15-23)24(26,27)28)18-5-3-17(4-6-18)13-35-21-8-7-19(11-20(21)25)37(2,32)33/h7-8,11,16-18H,3-6,9-10,12-15H2,1-2H3. The molecule has 0 spiro atoms. The first-order valence-corrected chi connectivity index (χ1v) is 14.2. The fourth-order valence-corrected chi connectivity index (χ4v) is 5.73. The van der Waals surface area contributed by atoms with Gasteiger partial charge in [0.1, 0.15) is 0 Å². The fourth-order valence-electron chi connectivity index (χ4n) is 5.10. The maximum Gasteiger partial charge on any atom is 0.433 e. The van der Waals surface area contributed by atoms with Gasteiger partial charge >= 0.3 is 12.3 Å². The molecule has 0 radical (unpaired) electrons. The van der Waals surface area contributed by atoms with Crippen molar-refractivity contribution in [2.75, 3.05) is 45.7 Å². The number of benzene rings is 1. The average Bonchev–Trinajstić information content (AvgIpc) is 2.79. The van der Waals surface area contributed by atoms with Crippen LogP contribution in [-0.4, -0.2) is 93.9 Å². The number of ether oxygens (including phenoxy) is 3. The Morgan fingerprint density at radius 1 is 1.16 bits per heavy atom. The largest absolute Gasteiger partial charge is 0.490 e. The van der Waals surface area contributed by atoms with Crippen LogP contribution >= 0.6 is 0 Å². The molecule has 0 N–H and O–H groups in total. The van der Waals surface area contributed by atoms with Crippen molar-refractivity contribution in [1.29, 1.82) is 0 Å². The molecule has 1 atom stereocenters. The summed E-state index contributed by atoms with van der Waals surface area (Å²) in [6.45, 7) is 2.12. The molecule has 3 fully saturated rings. The van der Waals surface area contributed by atoms with Crippen LogP contribution in [0.4, 0.5) is 22.4 Å². The lowest BCUT2D eigenvalue weighted by Crippen LogP contribution is -2.65. The molecule has 13 heteroatoms. The van der Waals surface area contributed by atoms with Crippen LogP contribution in [0.2, 0.25) is 0 Å². The van der Waals surface area contributed by atoms with Gasteiger partial charge in [-0.15, -0.1) is 0 Å². The maximum absolute atomic E-state index is 14.2.